The van der Waals surface area contributed by atoms with Crippen LogP contribution in [0, 0.1) is 0 Å². The summed E-state index contributed by atoms with van der Waals surface area (Å²) >= 11 is 1.57. The van der Waals surface area contributed by atoms with Gasteiger partial charge in [-0.3, -0.25) is 0 Å². The number of nitrogens with two attached hydrogens (primary N) is 1. The minimum absolute atomic E-state index is 0.311. The Bertz CT molecular complexity index is 736. The van der Waals surface area contributed by atoms with E-state index in [1.54, 1.807) is 11.3 Å². The van der Waals surface area contributed by atoms with Gasteiger partial charge < -0.3 is 11.1 Å². The monoisotopic (exact) mass is 284 g/mol. The third-order valence-corrected chi connectivity index (χ3v) is 4.09. The molecule has 3 aromatic rings. The zero-order valence-electron chi connectivity index (χ0n) is 11.3. The van der Waals surface area contributed by atoms with Crippen LogP contribution >= 0.6 is 11.3 Å². The lowest BCUT2D eigenvalue weighted by molar-refractivity contribution is 1.03. The number of aryl methyl sites for hydroxylation is 1. The van der Waals surface area contributed by atoms with Crippen molar-refractivity contribution in [2.45, 2.75) is 19.9 Å². The van der Waals surface area contributed by atoms with E-state index in [2.05, 4.69) is 46.5 Å². The van der Waals surface area contributed by atoms with Crippen LogP contribution in [0.2, 0.25) is 0 Å². The Balaban J connectivity index is 1.88. The second kappa shape index (κ2) is 5.46. The molecule has 20 heavy (non-hydrogen) atoms. The van der Waals surface area contributed by atoms with Gasteiger partial charge in [0.25, 0.3) is 0 Å². The Hall–Kier alpha value is -2.14. The normalized spacial score (nSPS) is 10.8. The molecule has 0 fully saturated rings. The Labute approximate surface area is 121 Å². The van der Waals surface area contributed by atoms with Gasteiger partial charge in [0.05, 0.1) is 5.39 Å². The van der Waals surface area contributed by atoms with Gasteiger partial charge >= 0.3 is 0 Å². The van der Waals surface area contributed by atoms with Crippen LogP contribution in [0.5, 0.6) is 0 Å². The SMILES string of the molecule is CCc1ccccc1CNc1nc(N)nc2sccc12. The maximum Gasteiger partial charge on any atom is 0.223 e. The number of hydrogen-bond acceptors (Lipinski definition) is 5. The average molecular weight is 284 g/mol. The van der Waals surface area contributed by atoms with E-state index in [1.165, 1.54) is 11.1 Å². The van der Waals surface area contributed by atoms with Crippen molar-refractivity contribution in [1.82, 2.24) is 9.97 Å². The summed E-state index contributed by atoms with van der Waals surface area (Å²) in [7, 11) is 0. The molecule has 0 aliphatic rings. The van der Waals surface area contributed by atoms with Crippen LogP contribution in [-0.2, 0) is 13.0 Å². The average Bonchev–Trinajstić information content (AvgIpc) is 2.93. The van der Waals surface area contributed by atoms with Gasteiger partial charge in [-0.15, -0.1) is 11.3 Å². The number of hydrogen-bond donors (Lipinski definition) is 2. The van der Waals surface area contributed by atoms with E-state index >= 15 is 0 Å². The molecule has 0 unspecified atom stereocenters. The van der Waals surface area contributed by atoms with Crippen LogP contribution in [0.4, 0.5) is 11.8 Å². The molecule has 1 aromatic carbocycles. The summed E-state index contributed by atoms with van der Waals surface area (Å²) in [6.45, 7) is 2.91. The van der Waals surface area contributed by atoms with Crippen molar-refractivity contribution in [3.05, 3.63) is 46.8 Å². The molecule has 0 aliphatic carbocycles. The first-order valence-electron chi connectivity index (χ1n) is 6.59. The van der Waals surface area contributed by atoms with E-state index in [-0.39, 0.29) is 0 Å². The quantitative estimate of drug-likeness (QED) is 0.770. The molecule has 102 valence electrons. The van der Waals surface area contributed by atoms with Crippen LogP contribution in [0.25, 0.3) is 10.2 Å². The third-order valence-electron chi connectivity index (χ3n) is 3.29. The molecular formula is C15H16N4S. The van der Waals surface area contributed by atoms with Crippen LogP contribution in [0.15, 0.2) is 35.7 Å². The Morgan fingerprint density at radius 2 is 1.95 bits per heavy atom. The number of rotatable bonds is 4. The molecule has 5 heteroatoms. The van der Waals surface area contributed by atoms with Gasteiger partial charge in [0.1, 0.15) is 10.6 Å². The standard InChI is InChI=1S/C15H16N4S/c1-2-10-5-3-4-6-11(10)9-17-13-12-7-8-20-14(12)19-15(16)18-13/h3-8H,2,9H2,1H3,(H3,16,17,18,19). The highest BCUT2D eigenvalue weighted by Crippen LogP contribution is 2.26. The number of benzene rings is 1. The number of nitrogens with one attached hydrogen (secondary N) is 1. The molecule has 0 saturated carbocycles. The fraction of sp³-hybridized carbons (Fsp3) is 0.200. The minimum Gasteiger partial charge on any atom is -0.368 e. The molecule has 0 aliphatic heterocycles. The van der Waals surface area contributed by atoms with Crippen LogP contribution in [-0.4, -0.2) is 9.97 Å². The Morgan fingerprint density at radius 3 is 2.75 bits per heavy atom. The van der Waals surface area contributed by atoms with Crippen molar-refractivity contribution in [3.8, 4) is 0 Å². The molecule has 0 atom stereocenters. The molecule has 0 saturated heterocycles. The van der Waals surface area contributed by atoms with Gasteiger partial charge in [-0.05, 0) is 29.0 Å². The first-order chi connectivity index (χ1) is 9.78. The predicted octanol–water partition coefficient (Wildman–Crippen LogP) is 3.45. The van der Waals surface area contributed by atoms with Crippen molar-refractivity contribution >= 4 is 33.3 Å². The lowest BCUT2D eigenvalue weighted by atomic mass is 10.1. The summed E-state index contributed by atoms with van der Waals surface area (Å²) in [6.07, 6.45) is 1.03. The lowest BCUT2D eigenvalue weighted by Crippen LogP contribution is -2.06. The van der Waals surface area contributed by atoms with Crippen molar-refractivity contribution < 1.29 is 0 Å². The van der Waals surface area contributed by atoms with E-state index in [0.717, 1.165) is 29.0 Å². The Morgan fingerprint density at radius 1 is 1.15 bits per heavy atom. The van der Waals surface area contributed by atoms with Crippen molar-refractivity contribution in [1.29, 1.82) is 0 Å². The van der Waals surface area contributed by atoms with Crippen LogP contribution in [0.3, 0.4) is 0 Å². The fourth-order valence-corrected chi connectivity index (χ4v) is 3.03. The number of nitrogen functional groups attached to an aromatic ring is 1. The molecule has 0 spiro atoms. The minimum atomic E-state index is 0.311. The van der Waals surface area contributed by atoms with E-state index in [9.17, 15) is 0 Å². The molecular weight excluding hydrogens is 268 g/mol. The maximum absolute atomic E-state index is 5.75. The summed E-state index contributed by atoms with van der Waals surface area (Å²) in [5.41, 5.74) is 8.39. The van der Waals surface area contributed by atoms with E-state index in [0.29, 0.717) is 5.95 Å². The molecule has 0 bridgehead atoms. The summed E-state index contributed by atoms with van der Waals surface area (Å²) in [5, 5.41) is 6.41. The van der Waals surface area contributed by atoms with Crippen LogP contribution in [0.1, 0.15) is 18.1 Å². The Kier molecular flexibility index (Phi) is 3.52. The molecule has 0 radical (unpaired) electrons. The second-order valence-corrected chi connectivity index (χ2v) is 5.44. The molecule has 0 amide bonds. The van der Waals surface area contributed by atoms with Gasteiger partial charge in [-0.2, -0.15) is 4.98 Å². The van der Waals surface area contributed by atoms with Gasteiger partial charge in [-0.25, -0.2) is 4.98 Å². The van der Waals surface area contributed by atoms with E-state index in [1.807, 2.05) is 11.4 Å². The third kappa shape index (κ3) is 2.44. The number of thiophene rings is 1. The molecule has 2 heterocycles. The van der Waals surface area contributed by atoms with Crippen molar-refractivity contribution in [2.75, 3.05) is 11.1 Å². The molecule has 2 aromatic heterocycles. The maximum atomic E-state index is 5.75. The van der Waals surface area contributed by atoms with Gasteiger partial charge in [-0.1, -0.05) is 31.2 Å². The van der Waals surface area contributed by atoms with Crippen molar-refractivity contribution in [3.63, 3.8) is 0 Å². The number of anilines is 2. The van der Waals surface area contributed by atoms with Gasteiger partial charge in [0.2, 0.25) is 5.95 Å². The number of aromatic nitrogens is 2. The predicted molar refractivity (Wildman–Crippen MR) is 85.0 cm³/mol. The summed E-state index contributed by atoms with van der Waals surface area (Å²) in [4.78, 5) is 9.46. The summed E-state index contributed by atoms with van der Waals surface area (Å²) < 4.78 is 0. The largest absolute Gasteiger partial charge is 0.368 e. The summed E-state index contributed by atoms with van der Waals surface area (Å²) in [5.74, 6) is 1.12. The van der Waals surface area contributed by atoms with Gasteiger partial charge in [0, 0.05) is 6.54 Å². The van der Waals surface area contributed by atoms with Crippen molar-refractivity contribution in [2.24, 2.45) is 0 Å². The smallest absolute Gasteiger partial charge is 0.223 e. The summed E-state index contributed by atoms with van der Waals surface area (Å²) in [6, 6.07) is 10.5. The van der Waals surface area contributed by atoms with Crippen LogP contribution < -0.4 is 11.1 Å². The topological polar surface area (TPSA) is 63.8 Å². The lowest BCUT2D eigenvalue weighted by Gasteiger charge is -2.10. The second-order valence-electron chi connectivity index (χ2n) is 4.55. The number of fused-ring (bicyclic) bond motifs is 1. The van der Waals surface area contributed by atoms with Gasteiger partial charge in [0.15, 0.2) is 0 Å². The highest BCUT2D eigenvalue weighted by molar-refractivity contribution is 7.16. The highest BCUT2D eigenvalue weighted by Gasteiger charge is 2.07. The highest BCUT2D eigenvalue weighted by atomic mass is 32.1. The molecule has 3 N–H and O–H groups in total. The first-order valence-corrected chi connectivity index (χ1v) is 7.47. The van der Waals surface area contributed by atoms with E-state index < -0.39 is 0 Å². The zero-order valence-corrected chi connectivity index (χ0v) is 12.1. The number of nitrogens with zero attached hydrogens (tertiary/aromatic N) is 2. The zero-order chi connectivity index (χ0) is 13.9. The fourth-order valence-electron chi connectivity index (χ4n) is 2.26. The first kappa shape index (κ1) is 12.9. The van der Waals surface area contributed by atoms with E-state index in [4.69, 9.17) is 5.73 Å². The molecule has 3 rings (SSSR count). The molecule has 4 nitrogen and oxygen atoms in total.